The normalized spacial score (nSPS) is 10.4. The van der Waals surface area contributed by atoms with Gasteiger partial charge in [0.2, 0.25) is 0 Å². The van der Waals surface area contributed by atoms with E-state index in [1.54, 1.807) is 0 Å². The van der Waals surface area contributed by atoms with Gasteiger partial charge in [-0.05, 0) is 48.1 Å². The first kappa shape index (κ1) is 18.5. The minimum atomic E-state index is 0. The lowest BCUT2D eigenvalue weighted by atomic mass is 9.97. The number of hydrogen-bond acceptors (Lipinski definition) is 2. The molecule has 0 aromatic heterocycles. The fourth-order valence-electron chi connectivity index (χ4n) is 2.50. The number of rotatable bonds is 6. The van der Waals surface area contributed by atoms with E-state index in [2.05, 4.69) is 44.2 Å². The Hall–Kier alpha value is -1.51. The van der Waals surface area contributed by atoms with Gasteiger partial charge >= 0.3 is 0 Å². The SMILES string of the molecule is CCOc1ccc(CN)cc1-c1ccc(CC(C)C)cc1.Cl. The van der Waals surface area contributed by atoms with Gasteiger partial charge in [0.25, 0.3) is 0 Å². The van der Waals surface area contributed by atoms with Crippen molar-refractivity contribution in [2.24, 2.45) is 11.7 Å². The van der Waals surface area contributed by atoms with Crippen LogP contribution in [0.3, 0.4) is 0 Å². The first-order valence-electron chi connectivity index (χ1n) is 7.69. The first-order valence-corrected chi connectivity index (χ1v) is 7.69. The molecular formula is C19H26ClNO. The van der Waals surface area contributed by atoms with Crippen LogP contribution in [-0.2, 0) is 13.0 Å². The summed E-state index contributed by atoms with van der Waals surface area (Å²) in [4.78, 5) is 0. The Labute approximate surface area is 140 Å². The first-order chi connectivity index (χ1) is 10.1. The van der Waals surface area contributed by atoms with E-state index in [0.29, 0.717) is 19.1 Å². The van der Waals surface area contributed by atoms with Gasteiger partial charge < -0.3 is 10.5 Å². The van der Waals surface area contributed by atoms with Crippen LogP contribution >= 0.6 is 12.4 Å². The zero-order valence-corrected chi connectivity index (χ0v) is 14.5. The molecule has 0 saturated carbocycles. The highest BCUT2D eigenvalue weighted by Crippen LogP contribution is 2.31. The summed E-state index contributed by atoms with van der Waals surface area (Å²) in [5, 5.41) is 0. The average molecular weight is 320 g/mol. The van der Waals surface area contributed by atoms with Gasteiger partial charge in [0, 0.05) is 12.1 Å². The van der Waals surface area contributed by atoms with Crippen molar-refractivity contribution in [1.82, 2.24) is 0 Å². The molecule has 0 radical (unpaired) electrons. The highest BCUT2D eigenvalue weighted by molar-refractivity contribution is 5.85. The van der Waals surface area contributed by atoms with Crippen LogP contribution in [0.4, 0.5) is 0 Å². The Morgan fingerprint density at radius 1 is 1.00 bits per heavy atom. The molecule has 0 aliphatic rings. The standard InChI is InChI=1S/C19H25NO.ClH/c1-4-21-19-10-7-16(13-20)12-18(19)17-8-5-15(6-9-17)11-14(2)3;/h5-10,12,14H,4,11,13,20H2,1-3H3;1H. The maximum atomic E-state index is 5.76. The zero-order valence-electron chi connectivity index (χ0n) is 13.6. The van der Waals surface area contributed by atoms with Gasteiger partial charge in [-0.15, -0.1) is 12.4 Å². The van der Waals surface area contributed by atoms with Gasteiger partial charge in [-0.3, -0.25) is 0 Å². The fourth-order valence-corrected chi connectivity index (χ4v) is 2.50. The third-order valence-electron chi connectivity index (χ3n) is 3.49. The maximum absolute atomic E-state index is 5.76. The van der Waals surface area contributed by atoms with Crippen LogP contribution < -0.4 is 10.5 Å². The summed E-state index contributed by atoms with van der Waals surface area (Å²) in [6.07, 6.45) is 1.11. The van der Waals surface area contributed by atoms with Crippen molar-refractivity contribution in [2.75, 3.05) is 6.61 Å². The summed E-state index contributed by atoms with van der Waals surface area (Å²) in [5.74, 6) is 1.60. The molecule has 2 nitrogen and oxygen atoms in total. The summed E-state index contributed by atoms with van der Waals surface area (Å²) in [6.45, 7) is 7.70. The van der Waals surface area contributed by atoms with Crippen LogP contribution in [0.1, 0.15) is 31.9 Å². The van der Waals surface area contributed by atoms with Gasteiger partial charge in [0.05, 0.1) is 6.61 Å². The van der Waals surface area contributed by atoms with E-state index < -0.39 is 0 Å². The molecular weight excluding hydrogens is 294 g/mol. The van der Waals surface area contributed by atoms with Crippen LogP contribution in [0.15, 0.2) is 42.5 Å². The van der Waals surface area contributed by atoms with Crippen LogP contribution in [-0.4, -0.2) is 6.61 Å². The summed E-state index contributed by atoms with van der Waals surface area (Å²) in [7, 11) is 0. The van der Waals surface area contributed by atoms with E-state index in [0.717, 1.165) is 23.3 Å². The lowest BCUT2D eigenvalue weighted by molar-refractivity contribution is 0.341. The molecule has 0 fully saturated rings. The molecule has 0 saturated heterocycles. The van der Waals surface area contributed by atoms with Gasteiger partial charge in [0.15, 0.2) is 0 Å². The lowest BCUT2D eigenvalue weighted by Crippen LogP contribution is -1.99. The fraction of sp³-hybridized carbons (Fsp3) is 0.368. The highest BCUT2D eigenvalue weighted by atomic mass is 35.5. The van der Waals surface area contributed by atoms with Crippen molar-refractivity contribution in [3.05, 3.63) is 53.6 Å². The average Bonchev–Trinajstić information content (AvgIpc) is 2.48. The summed E-state index contributed by atoms with van der Waals surface area (Å²) in [6, 6.07) is 14.9. The Bertz CT molecular complexity index is 578. The zero-order chi connectivity index (χ0) is 15.2. The largest absolute Gasteiger partial charge is 0.493 e. The predicted octanol–water partition coefficient (Wildman–Crippen LogP) is 4.83. The molecule has 0 amide bonds. The van der Waals surface area contributed by atoms with E-state index in [-0.39, 0.29) is 12.4 Å². The molecule has 120 valence electrons. The Balaban J connectivity index is 0.00000242. The minimum absolute atomic E-state index is 0. The van der Waals surface area contributed by atoms with Crippen molar-refractivity contribution in [3.63, 3.8) is 0 Å². The number of nitrogens with two attached hydrogens (primary N) is 1. The van der Waals surface area contributed by atoms with E-state index >= 15 is 0 Å². The molecule has 3 heteroatoms. The summed E-state index contributed by atoms with van der Waals surface area (Å²) < 4.78 is 5.74. The van der Waals surface area contributed by atoms with Crippen molar-refractivity contribution in [3.8, 4) is 16.9 Å². The van der Waals surface area contributed by atoms with Crippen LogP contribution in [0.25, 0.3) is 11.1 Å². The molecule has 0 heterocycles. The van der Waals surface area contributed by atoms with Gasteiger partial charge in [0.1, 0.15) is 5.75 Å². The minimum Gasteiger partial charge on any atom is -0.493 e. The maximum Gasteiger partial charge on any atom is 0.127 e. The lowest BCUT2D eigenvalue weighted by Gasteiger charge is -2.13. The van der Waals surface area contributed by atoms with Crippen LogP contribution in [0.5, 0.6) is 5.75 Å². The van der Waals surface area contributed by atoms with Gasteiger partial charge in [-0.25, -0.2) is 0 Å². The topological polar surface area (TPSA) is 35.2 Å². The summed E-state index contributed by atoms with van der Waals surface area (Å²) in [5.41, 5.74) is 10.6. The van der Waals surface area contributed by atoms with Gasteiger partial charge in [-0.2, -0.15) is 0 Å². The van der Waals surface area contributed by atoms with Crippen LogP contribution in [0, 0.1) is 5.92 Å². The van der Waals surface area contributed by atoms with Crippen molar-refractivity contribution in [1.29, 1.82) is 0 Å². The van der Waals surface area contributed by atoms with E-state index in [1.165, 1.54) is 11.1 Å². The van der Waals surface area contributed by atoms with Crippen LogP contribution in [0.2, 0.25) is 0 Å². The number of halogens is 1. The Morgan fingerprint density at radius 3 is 2.18 bits per heavy atom. The van der Waals surface area contributed by atoms with E-state index in [4.69, 9.17) is 10.5 Å². The third kappa shape index (κ3) is 4.75. The molecule has 0 unspecified atom stereocenters. The Morgan fingerprint density at radius 2 is 1.64 bits per heavy atom. The highest BCUT2D eigenvalue weighted by Gasteiger charge is 2.08. The Kier molecular flexibility index (Phi) is 7.43. The summed E-state index contributed by atoms with van der Waals surface area (Å²) >= 11 is 0. The molecule has 22 heavy (non-hydrogen) atoms. The van der Waals surface area contributed by atoms with Crippen molar-refractivity contribution < 1.29 is 4.74 Å². The quantitative estimate of drug-likeness (QED) is 0.827. The van der Waals surface area contributed by atoms with Crippen molar-refractivity contribution in [2.45, 2.75) is 33.7 Å². The molecule has 2 rings (SSSR count). The number of ether oxygens (including phenoxy) is 1. The van der Waals surface area contributed by atoms with E-state index in [9.17, 15) is 0 Å². The van der Waals surface area contributed by atoms with Gasteiger partial charge in [-0.1, -0.05) is 44.2 Å². The van der Waals surface area contributed by atoms with E-state index in [1.807, 2.05) is 19.1 Å². The monoisotopic (exact) mass is 319 g/mol. The second-order valence-corrected chi connectivity index (χ2v) is 5.76. The molecule has 2 aromatic rings. The number of hydrogen-bond donors (Lipinski definition) is 1. The molecule has 2 N–H and O–H groups in total. The third-order valence-corrected chi connectivity index (χ3v) is 3.49. The smallest absolute Gasteiger partial charge is 0.127 e. The molecule has 2 aromatic carbocycles. The number of benzene rings is 2. The molecule has 0 atom stereocenters. The molecule has 0 aliphatic carbocycles. The molecule has 0 bridgehead atoms. The predicted molar refractivity (Wildman–Crippen MR) is 96.7 cm³/mol. The molecule has 0 spiro atoms. The second kappa shape index (κ2) is 8.82. The molecule has 0 aliphatic heterocycles. The van der Waals surface area contributed by atoms with Crippen molar-refractivity contribution >= 4 is 12.4 Å². The second-order valence-electron chi connectivity index (χ2n) is 5.76.